The number of rotatable bonds is 3. The highest BCUT2D eigenvalue weighted by atomic mass is 16.7. The number of anilines is 2. The summed E-state index contributed by atoms with van der Waals surface area (Å²) in [7, 11) is -0.453. The van der Waals surface area contributed by atoms with E-state index in [1.807, 2.05) is 20.8 Å². The first-order valence-corrected chi connectivity index (χ1v) is 13.0. The first-order valence-electron chi connectivity index (χ1n) is 13.0. The largest absolute Gasteiger partial charge is 0.497 e. The van der Waals surface area contributed by atoms with Crippen molar-refractivity contribution in [3.05, 3.63) is 18.5 Å². The molecule has 3 fully saturated rings. The zero-order chi connectivity index (χ0) is 25.9. The van der Waals surface area contributed by atoms with E-state index in [2.05, 4.69) is 59.6 Å². The molecule has 9 nitrogen and oxygen atoms in total. The van der Waals surface area contributed by atoms with Gasteiger partial charge in [0.2, 0.25) is 0 Å². The van der Waals surface area contributed by atoms with E-state index in [-0.39, 0.29) is 6.09 Å². The molecule has 3 saturated heterocycles. The summed E-state index contributed by atoms with van der Waals surface area (Å²) in [4.78, 5) is 28.2. The second kappa shape index (κ2) is 8.76. The standard InChI is InChI=1S/C26H38BN5O4/c1-24(2,3)34-23(33)32-13-11-31(12-14-32)22-18-15-21(30-9-8-10-30)19(16-20(18)28-17-29-22)27-35-25(4,5)26(6,7)36-27/h15-17H,8-14H2,1-7H3. The Morgan fingerprint density at radius 3 is 2.14 bits per heavy atom. The molecular weight excluding hydrogens is 457 g/mol. The van der Waals surface area contributed by atoms with E-state index in [1.165, 1.54) is 6.42 Å². The molecule has 2 aromatic rings. The Morgan fingerprint density at radius 2 is 1.58 bits per heavy atom. The second-order valence-electron chi connectivity index (χ2n) is 12.0. The number of ether oxygens (including phenoxy) is 1. The van der Waals surface area contributed by atoms with Crippen LogP contribution in [0.1, 0.15) is 54.9 Å². The van der Waals surface area contributed by atoms with E-state index in [0.29, 0.717) is 26.2 Å². The van der Waals surface area contributed by atoms with Crippen LogP contribution in [0.4, 0.5) is 16.3 Å². The van der Waals surface area contributed by atoms with E-state index in [0.717, 1.165) is 41.0 Å². The van der Waals surface area contributed by atoms with Crippen LogP contribution in [0.3, 0.4) is 0 Å². The van der Waals surface area contributed by atoms with E-state index < -0.39 is 23.9 Å². The van der Waals surface area contributed by atoms with Crippen LogP contribution in [-0.4, -0.2) is 84.2 Å². The predicted octanol–water partition coefficient (Wildman–Crippen LogP) is 3.20. The Bertz CT molecular complexity index is 1140. The molecule has 1 aromatic heterocycles. The summed E-state index contributed by atoms with van der Waals surface area (Å²) < 4.78 is 18.4. The summed E-state index contributed by atoms with van der Waals surface area (Å²) in [5, 5.41) is 1.00. The monoisotopic (exact) mass is 495 g/mol. The summed E-state index contributed by atoms with van der Waals surface area (Å²) in [6.45, 7) is 18.5. The Hall–Kier alpha value is -2.59. The lowest BCUT2D eigenvalue weighted by Gasteiger charge is -2.37. The molecule has 194 valence electrons. The molecule has 1 amide bonds. The average Bonchev–Trinajstić information content (AvgIpc) is 2.97. The van der Waals surface area contributed by atoms with Crippen LogP contribution in [0.15, 0.2) is 18.5 Å². The van der Waals surface area contributed by atoms with Crippen LogP contribution < -0.4 is 15.3 Å². The van der Waals surface area contributed by atoms with Crippen LogP contribution in [0.25, 0.3) is 10.9 Å². The van der Waals surface area contributed by atoms with Crippen LogP contribution in [-0.2, 0) is 14.0 Å². The number of aromatic nitrogens is 2. The van der Waals surface area contributed by atoms with Crippen LogP contribution in [0.5, 0.6) is 0 Å². The maximum absolute atomic E-state index is 12.5. The van der Waals surface area contributed by atoms with Crippen molar-refractivity contribution in [2.75, 3.05) is 49.1 Å². The maximum Gasteiger partial charge on any atom is 0.497 e. The number of piperazine rings is 1. The smallest absolute Gasteiger partial charge is 0.444 e. The van der Waals surface area contributed by atoms with E-state index >= 15 is 0 Å². The molecule has 0 atom stereocenters. The quantitative estimate of drug-likeness (QED) is 0.601. The predicted molar refractivity (Wildman–Crippen MR) is 142 cm³/mol. The van der Waals surface area contributed by atoms with Crippen molar-refractivity contribution in [3.8, 4) is 0 Å². The van der Waals surface area contributed by atoms with E-state index in [1.54, 1.807) is 11.2 Å². The Kier molecular flexibility index (Phi) is 6.11. The molecule has 0 saturated carbocycles. The summed E-state index contributed by atoms with van der Waals surface area (Å²) >= 11 is 0. The third kappa shape index (κ3) is 4.61. The van der Waals surface area contributed by atoms with Gasteiger partial charge in [-0.2, -0.15) is 0 Å². The fraction of sp³-hybridized carbons (Fsp3) is 0.654. The van der Waals surface area contributed by atoms with Crippen molar-refractivity contribution in [1.82, 2.24) is 14.9 Å². The van der Waals surface area contributed by atoms with E-state index in [4.69, 9.17) is 14.0 Å². The molecule has 36 heavy (non-hydrogen) atoms. The zero-order valence-electron chi connectivity index (χ0n) is 22.6. The number of nitrogens with zero attached hydrogens (tertiary/aromatic N) is 5. The second-order valence-corrected chi connectivity index (χ2v) is 12.0. The average molecular weight is 495 g/mol. The molecule has 4 heterocycles. The Balaban J connectivity index is 1.44. The van der Waals surface area contributed by atoms with Crippen molar-refractivity contribution in [2.45, 2.75) is 71.7 Å². The zero-order valence-corrected chi connectivity index (χ0v) is 22.6. The van der Waals surface area contributed by atoms with Gasteiger partial charge in [0.15, 0.2) is 0 Å². The Labute approximate surface area is 214 Å². The first kappa shape index (κ1) is 25.1. The highest BCUT2D eigenvalue weighted by Gasteiger charge is 2.52. The van der Waals surface area contributed by atoms with Gasteiger partial charge >= 0.3 is 13.2 Å². The third-order valence-electron chi connectivity index (χ3n) is 7.70. The van der Waals surface area contributed by atoms with Gasteiger partial charge in [-0.1, -0.05) is 0 Å². The summed E-state index contributed by atoms with van der Waals surface area (Å²) in [6.07, 6.45) is 2.53. The van der Waals surface area contributed by atoms with Gasteiger partial charge in [-0.25, -0.2) is 14.8 Å². The minimum atomic E-state index is -0.501. The van der Waals surface area contributed by atoms with Crippen molar-refractivity contribution in [1.29, 1.82) is 0 Å². The highest BCUT2D eigenvalue weighted by molar-refractivity contribution is 6.64. The van der Waals surface area contributed by atoms with Gasteiger partial charge in [-0.15, -0.1) is 0 Å². The molecule has 0 spiro atoms. The molecule has 0 unspecified atom stereocenters. The van der Waals surface area contributed by atoms with Gasteiger partial charge in [-0.3, -0.25) is 0 Å². The molecule has 1 aromatic carbocycles. The van der Waals surface area contributed by atoms with Crippen molar-refractivity contribution in [3.63, 3.8) is 0 Å². The van der Waals surface area contributed by atoms with Crippen LogP contribution in [0.2, 0.25) is 0 Å². The first-order chi connectivity index (χ1) is 16.8. The van der Waals surface area contributed by atoms with Gasteiger partial charge in [0.25, 0.3) is 0 Å². The molecule has 0 N–H and O–H groups in total. The van der Waals surface area contributed by atoms with Gasteiger partial charge in [0.1, 0.15) is 17.7 Å². The summed E-state index contributed by atoms with van der Waals surface area (Å²) in [5.41, 5.74) is 1.67. The minimum Gasteiger partial charge on any atom is -0.444 e. The number of fused-ring (bicyclic) bond motifs is 1. The third-order valence-corrected chi connectivity index (χ3v) is 7.70. The van der Waals surface area contributed by atoms with Crippen molar-refractivity contribution < 1.29 is 18.8 Å². The van der Waals surface area contributed by atoms with Gasteiger partial charge in [0.05, 0.1) is 16.7 Å². The van der Waals surface area contributed by atoms with Crippen molar-refractivity contribution in [2.24, 2.45) is 0 Å². The number of carbonyl (C=O) groups excluding carboxylic acids is 1. The number of amides is 1. The number of hydrogen-bond donors (Lipinski definition) is 0. The summed E-state index contributed by atoms with van der Waals surface area (Å²) in [5.74, 6) is 0.895. The topological polar surface area (TPSA) is 80.3 Å². The number of carbonyl (C=O) groups is 1. The molecule has 3 aliphatic heterocycles. The SMILES string of the molecule is CC(C)(C)OC(=O)N1CCN(c2ncnc3cc(B4OC(C)(C)C(C)(C)O4)c(N4CCC4)cc23)CC1. The number of benzene rings is 1. The highest BCUT2D eigenvalue weighted by Crippen LogP contribution is 2.38. The molecule has 10 heteroatoms. The van der Waals surface area contributed by atoms with Gasteiger partial charge in [-0.05, 0) is 67.0 Å². The molecule has 3 aliphatic rings. The molecule has 0 radical (unpaired) electrons. The van der Waals surface area contributed by atoms with Crippen LogP contribution >= 0.6 is 0 Å². The van der Waals surface area contributed by atoms with Crippen molar-refractivity contribution >= 4 is 41.1 Å². The summed E-state index contributed by atoms with van der Waals surface area (Å²) in [6, 6.07) is 4.30. The maximum atomic E-state index is 12.5. The van der Waals surface area contributed by atoms with E-state index in [9.17, 15) is 4.79 Å². The molecule has 0 aliphatic carbocycles. The lowest BCUT2D eigenvalue weighted by molar-refractivity contribution is 0.00578. The van der Waals surface area contributed by atoms with Gasteiger partial charge in [0, 0.05) is 55.8 Å². The molecule has 0 bridgehead atoms. The molecular formula is C26H38BN5O4. The lowest BCUT2D eigenvalue weighted by Crippen LogP contribution is -2.50. The lowest BCUT2D eigenvalue weighted by atomic mass is 9.76. The normalized spacial score (nSPS) is 21.6. The number of hydrogen-bond acceptors (Lipinski definition) is 8. The molecule has 5 rings (SSSR count). The fourth-order valence-electron chi connectivity index (χ4n) is 4.76. The van der Waals surface area contributed by atoms with Gasteiger partial charge < -0.3 is 28.7 Å². The fourth-order valence-corrected chi connectivity index (χ4v) is 4.76. The Morgan fingerprint density at radius 1 is 0.944 bits per heavy atom. The minimum absolute atomic E-state index is 0.262. The van der Waals surface area contributed by atoms with Crippen LogP contribution in [0, 0.1) is 0 Å².